The number of rotatable bonds is 13. The molecular formula is C41H44FN11O2. The van der Waals surface area contributed by atoms with Gasteiger partial charge in [-0.3, -0.25) is 9.88 Å². The minimum atomic E-state index is -0.537. The first-order chi connectivity index (χ1) is 26.9. The zero-order valence-corrected chi connectivity index (χ0v) is 30.6. The average molecular weight is 742 g/mol. The number of anilines is 1. The number of nitrogens with zero attached hydrogens (tertiary/aromatic N) is 8. The molecule has 4 saturated heterocycles. The number of halogens is 1. The van der Waals surface area contributed by atoms with E-state index < -0.39 is 18.0 Å². The van der Waals surface area contributed by atoms with E-state index in [9.17, 15) is 20.6 Å². The second kappa shape index (κ2) is 12.8. The lowest BCUT2D eigenvalue weighted by Gasteiger charge is -2.39. The van der Waals surface area contributed by atoms with Crippen molar-refractivity contribution >= 4 is 11.8 Å². The van der Waals surface area contributed by atoms with Crippen molar-refractivity contribution in [2.45, 2.75) is 44.2 Å². The largest absolute Gasteiger partial charge is 0.442 e. The van der Waals surface area contributed by atoms with E-state index in [0.29, 0.717) is 29.3 Å². The molecular weight excluding hydrogens is 698 g/mol. The van der Waals surface area contributed by atoms with E-state index in [-0.39, 0.29) is 64.2 Å². The van der Waals surface area contributed by atoms with Gasteiger partial charge in [-0.15, -0.1) is 5.10 Å². The standard InChI is InChI=1S/C41H44FN11O2/c42-35-11-25(53-20-26(55-38(53)54)19-52-10-9-50-51-52)5-6-27(35)24-4-7-36(49-15-24)37(41-23-48-18-34(41)31(41)14-45)28(40-22-47-17-33(40)30(40)13-44)3-1-2-8-39-21-46-16-32(39)29(39)12-43/h4-7,9-11,15,26,28-34,37,46-48H,1-3,8,16-23H2/t26-,28?,29?,30?,31?,32?,33?,34?,37?,39?,40?,41?/m0/s1. The van der Waals surface area contributed by atoms with Gasteiger partial charge in [-0.05, 0) is 80.4 Å². The van der Waals surface area contributed by atoms with Gasteiger partial charge in [0.05, 0.1) is 60.9 Å². The molecule has 10 rings (SSSR count). The fraction of sp³-hybridized carbons (Fsp3) is 0.585. The molecule has 11 unspecified atom stereocenters. The summed E-state index contributed by atoms with van der Waals surface area (Å²) in [5.74, 6) is 0.625. The van der Waals surface area contributed by atoms with Crippen molar-refractivity contribution in [2.24, 2.45) is 57.7 Å². The number of aromatic nitrogens is 4. The Morgan fingerprint density at radius 2 is 1.67 bits per heavy atom. The highest BCUT2D eigenvalue weighted by atomic mass is 19.1. The van der Waals surface area contributed by atoms with Crippen LogP contribution in [0.1, 0.15) is 37.3 Å². The van der Waals surface area contributed by atoms with Crippen LogP contribution >= 0.6 is 0 Å². The quantitative estimate of drug-likeness (QED) is 0.217. The molecule has 1 amide bonds. The van der Waals surface area contributed by atoms with Gasteiger partial charge in [-0.1, -0.05) is 24.1 Å². The van der Waals surface area contributed by atoms with Crippen LogP contribution < -0.4 is 20.9 Å². The number of piperidine rings is 3. The van der Waals surface area contributed by atoms with Crippen molar-refractivity contribution in [1.29, 1.82) is 15.8 Å². The fourth-order valence-electron chi connectivity index (χ4n) is 12.3. The van der Waals surface area contributed by atoms with Crippen molar-refractivity contribution < 1.29 is 13.9 Å². The molecule has 3 saturated carbocycles. The number of nitrogens with one attached hydrogen (secondary N) is 3. The van der Waals surface area contributed by atoms with Crippen molar-refractivity contribution in [1.82, 2.24) is 35.9 Å². The number of cyclic esters (lactones) is 1. The molecule has 7 aliphatic rings. The van der Waals surface area contributed by atoms with Crippen LogP contribution in [0.5, 0.6) is 0 Å². The average Bonchev–Trinajstić information content (AvgIpc) is 3.67. The van der Waals surface area contributed by atoms with Crippen LogP contribution in [0, 0.1) is 97.5 Å². The van der Waals surface area contributed by atoms with Gasteiger partial charge in [0.25, 0.3) is 0 Å². The Labute approximate surface area is 319 Å². The number of hydrogen-bond donors (Lipinski definition) is 3. The Morgan fingerprint density at radius 1 is 0.927 bits per heavy atom. The number of carbonyl (C=O) groups excluding carboxylic acids is 1. The van der Waals surface area contributed by atoms with Gasteiger partial charge in [-0.25, -0.2) is 13.9 Å². The van der Waals surface area contributed by atoms with Gasteiger partial charge in [0.2, 0.25) is 0 Å². The van der Waals surface area contributed by atoms with Crippen molar-refractivity contribution in [3.63, 3.8) is 0 Å². The molecule has 55 heavy (non-hydrogen) atoms. The highest BCUT2D eigenvalue weighted by Gasteiger charge is 2.78. The maximum absolute atomic E-state index is 15.9. The van der Waals surface area contributed by atoms with Gasteiger partial charge in [0.1, 0.15) is 11.9 Å². The van der Waals surface area contributed by atoms with Crippen LogP contribution in [0.15, 0.2) is 48.9 Å². The Morgan fingerprint density at radius 3 is 2.35 bits per heavy atom. The molecule has 1 aromatic carbocycles. The summed E-state index contributed by atoms with van der Waals surface area (Å²) in [7, 11) is 0. The SMILES string of the molecule is N#CC1C2CNCC12CCCCC(C(c1ccc(-c2ccc(N3C[C@H](Cn4ccnn4)OC3=O)cc2F)cn1)C12CNCC1C2C#N)C12CNCC1C2C#N. The zero-order chi connectivity index (χ0) is 37.5. The smallest absolute Gasteiger partial charge is 0.414 e. The minimum absolute atomic E-state index is 0.0317. The van der Waals surface area contributed by atoms with Gasteiger partial charge in [0.15, 0.2) is 0 Å². The third-order valence-electron chi connectivity index (χ3n) is 15.1. The summed E-state index contributed by atoms with van der Waals surface area (Å²) in [6, 6.07) is 16.6. The van der Waals surface area contributed by atoms with Crippen LogP contribution in [0.2, 0.25) is 0 Å². The van der Waals surface area contributed by atoms with Crippen LogP contribution in [-0.2, 0) is 11.3 Å². The van der Waals surface area contributed by atoms with E-state index in [1.807, 2.05) is 12.1 Å². The monoisotopic (exact) mass is 741 g/mol. The minimum Gasteiger partial charge on any atom is -0.442 e. The van der Waals surface area contributed by atoms with Crippen LogP contribution in [-0.4, -0.2) is 78.0 Å². The highest BCUT2D eigenvalue weighted by molar-refractivity contribution is 5.90. The summed E-state index contributed by atoms with van der Waals surface area (Å²) in [5, 5.41) is 49.1. The van der Waals surface area contributed by atoms with Crippen LogP contribution in [0.25, 0.3) is 11.1 Å². The fourth-order valence-corrected chi connectivity index (χ4v) is 12.3. The second-order valence-corrected chi connectivity index (χ2v) is 17.2. The Balaban J connectivity index is 0.929. The van der Waals surface area contributed by atoms with Gasteiger partial charge in [-0.2, -0.15) is 15.8 Å². The number of ether oxygens (including phenoxy) is 1. The topological polar surface area (TPSA) is 181 Å². The maximum Gasteiger partial charge on any atom is 0.414 e. The molecule has 2 aromatic heterocycles. The van der Waals surface area contributed by atoms with Crippen molar-refractivity contribution in [3.8, 4) is 29.3 Å². The first kappa shape index (κ1) is 34.5. The molecule has 14 heteroatoms. The van der Waals surface area contributed by atoms with E-state index in [1.165, 1.54) is 11.0 Å². The number of pyridine rings is 1. The third-order valence-corrected chi connectivity index (χ3v) is 15.1. The van der Waals surface area contributed by atoms with E-state index in [2.05, 4.69) is 44.5 Å². The second-order valence-electron chi connectivity index (χ2n) is 17.2. The molecule has 3 N–H and O–H groups in total. The Kier molecular flexibility index (Phi) is 8.04. The van der Waals surface area contributed by atoms with Crippen molar-refractivity contribution in [3.05, 3.63) is 60.4 Å². The van der Waals surface area contributed by atoms with Crippen molar-refractivity contribution in [2.75, 3.05) is 50.7 Å². The maximum atomic E-state index is 15.9. The van der Waals surface area contributed by atoms with Gasteiger partial charge in [0, 0.05) is 71.0 Å². The van der Waals surface area contributed by atoms with Gasteiger partial charge >= 0.3 is 6.09 Å². The molecule has 13 nitrogen and oxygen atoms in total. The lowest BCUT2D eigenvalue weighted by molar-refractivity contribution is 0.129. The van der Waals surface area contributed by atoms with Gasteiger partial charge < -0.3 is 20.7 Å². The van der Waals surface area contributed by atoms with E-state index in [1.54, 1.807) is 35.4 Å². The van der Waals surface area contributed by atoms with E-state index in [0.717, 1.165) is 70.6 Å². The van der Waals surface area contributed by atoms with E-state index in [4.69, 9.17) is 9.72 Å². The Hall–Kier alpha value is -4.94. The zero-order valence-electron chi connectivity index (χ0n) is 30.6. The molecule has 3 aliphatic carbocycles. The molecule has 7 fully saturated rings. The molecule has 4 aliphatic heterocycles. The number of carbonyl (C=O) groups is 1. The predicted octanol–water partition coefficient (Wildman–Crippen LogP) is 3.84. The number of unbranched alkanes of at least 4 members (excludes halogenated alkanes) is 1. The molecule has 0 spiro atoms. The highest BCUT2D eigenvalue weighted by Crippen LogP contribution is 2.76. The lowest BCUT2D eigenvalue weighted by atomic mass is 9.65. The molecule has 0 bridgehead atoms. The number of benzene rings is 1. The first-order valence-corrected chi connectivity index (χ1v) is 19.8. The van der Waals surface area contributed by atoms with Crippen LogP contribution in [0.3, 0.4) is 0 Å². The summed E-state index contributed by atoms with van der Waals surface area (Å²) in [5.41, 5.74) is 1.98. The molecule has 282 valence electrons. The molecule has 3 aromatic rings. The molecule has 0 radical (unpaired) electrons. The summed E-state index contributed by atoms with van der Waals surface area (Å²) in [4.78, 5) is 19.3. The van der Waals surface area contributed by atoms with Crippen LogP contribution in [0.4, 0.5) is 14.9 Å². The number of nitriles is 3. The lowest BCUT2D eigenvalue weighted by Crippen LogP contribution is -2.38. The summed E-state index contributed by atoms with van der Waals surface area (Å²) >= 11 is 0. The number of amides is 1. The molecule has 6 heterocycles. The predicted molar refractivity (Wildman–Crippen MR) is 196 cm³/mol. The summed E-state index contributed by atoms with van der Waals surface area (Å²) in [6.45, 7) is 5.63. The number of hydrogen-bond acceptors (Lipinski definition) is 11. The molecule has 12 atom stereocenters. The summed E-state index contributed by atoms with van der Waals surface area (Å²) < 4.78 is 23.0. The van der Waals surface area contributed by atoms with E-state index >= 15 is 4.39 Å². The third kappa shape index (κ3) is 5.09. The normalized spacial score (nSPS) is 37.2. The number of fused-ring (bicyclic) bond motifs is 3. The Bertz CT molecular complexity index is 2130. The first-order valence-electron chi connectivity index (χ1n) is 19.8. The summed E-state index contributed by atoms with van der Waals surface area (Å²) in [6.07, 6.45) is 8.01.